The quantitative estimate of drug-likeness (QED) is 0.621. The van der Waals surface area contributed by atoms with Crippen LogP contribution in [-0.2, 0) is 6.54 Å². The lowest BCUT2D eigenvalue weighted by Crippen LogP contribution is -2.15. The second-order valence-electron chi connectivity index (χ2n) is 5.38. The van der Waals surface area contributed by atoms with E-state index >= 15 is 0 Å². The molecule has 4 nitrogen and oxygen atoms in total. The molecule has 19 heavy (non-hydrogen) atoms. The Labute approximate surface area is 115 Å². The summed E-state index contributed by atoms with van der Waals surface area (Å²) in [4.78, 5) is 4.31. The largest absolute Gasteiger partial charge is 0.450 e. The van der Waals surface area contributed by atoms with Gasteiger partial charge in [0, 0.05) is 12.6 Å². The third-order valence-corrected chi connectivity index (χ3v) is 3.40. The van der Waals surface area contributed by atoms with Crippen molar-refractivity contribution in [2.45, 2.75) is 70.9 Å². The Morgan fingerprint density at radius 3 is 2.84 bits per heavy atom. The molecule has 0 aliphatic heterocycles. The molecule has 1 saturated carbocycles. The zero-order valence-corrected chi connectivity index (χ0v) is 12.0. The van der Waals surface area contributed by atoms with Gasteiger partial charge < -0.3 is 14.5 Å². The molecule has 1 heterocycles. The summed E-state index contributed by atoms with van der Waals surface area (Å²) >= 11 is 0. The SMILES string of the molecule is CCCCCCCCOc1nc(CNC2CC2)co1. The molecule has 0 bridgehead atoms. The number of hydrogen-bond donors (Lipinski definition) is 1. The zero-order valence-electron chi connectivity index (χ0n) is 12.0. The minimum atomic E-state index is 0.418. The van der Waals surface area contributed by atoms with Gasteiger partial charge in [0.05, 0.1) is 12.3 Å². The monoisotopic (exact) mass is 266 g/mol. The Balaban J connectivity index is 1.50. The maximum Gasteiger partial charge on any atom is 0.393 e. The van der Waals surface area contributed by atoms with E-state index in [2.05, 4.69) is 17.2 Å². The van der Waals surface area contributed by atoms with Crippen LogP contribution in [0.5, 0.6) is 6.08 Å². The molecule has 1 aromatic rings. The highest BCUT2D eigenvalue weighted by Gasteiger charge is 2.20. The van der Waals surface area contributed by atoms with E-state index in [4.69, 9.17) is 9.15 Å². The first-order valence-electron chi connectivity index (χ1n) is 7.69. The molecule has 0 unspecified atom stereocenters. The standard InChI is InChI=1S/C15H26N2O2/c1-2-3-4-5-6-7-10-18-15-17-14(12-19-15)11-16-13-8-9-13/h12-13,16H,2-11H2,1H3. The Kier molecular flexibility index (Phi) is 6.21. The van der Waals surface area contributed by atoms with Crippen LogP contribution in [-0.4, -0.2) is 17.6 Å². The number of oxazole rings is 1. The maximum absolute atomic E-state index is 5.51. The van der Waals surface area contributed by atoms with Crippen molar-refractivity contribution in [2.75, 3.05) is 6.61 Å². The third kappa shape index (κ3) is 6.10. The van der Waals surface area contributed by atoms with Crippen LogP contribution in [0.15, 0.2) is 10.7 Å². The summed E-state index contributed by atoms with van der Waals surface area (Å²) in [5.74, 6) is 0. The van der Waals surface area contributed by atoms with Crippen LogP contribution >= 0.6 is 0 Å². The number of aromatic nitrogens is 1. The fraction of sp³-hybridized carbons (Fsp3) is 0.800. The van der Waals surface area contributed by atoms with Crippen LogP contribution in [0.4, 0.5) is 0 Å². The average Bonchev–Trinajstić information content (AvgIpc) is 3.15. The van der Waals surface area contributed by atoms with Gasteiger partial charge in [0.25, 0.3) is 0 Å². The minimum absolute atomic E-state index is 0.418. The lowest BCUT2D eigenvalue weighted by molar-refractivity contribution is 0.224. The normalized spacial score (nSPS) is 14.8. The van der Waals surface area contributed by atoms with E-state index in [1.807, 2.05) is 0 Å². The molecule has 0 radical (unpaired) electrons. The molecule has 0 saturated heterocycles. The van der Waals surface area contributed by atoms with E-state index in [9.17, 15) is 0 Å². The lowest BCUT2D eigenvalue weighted by atomic mass is 10.1. The summed E-state index contributed by atoms with van der Waals surface area (Å²) in [6, 6.07) is 0.698. The highest BCUT2D eigenvalue weighted by Crippen LogP contribution is 2.19. The molecule has 1 aliphatic carbocycles. The van der Waals surface area contributed by atoms with Crippen LogP contribution in [0.1, 0.15) is 64.0 Å². The first kappa shape index (κ1) is 14.4. The third-order valence-electron chi connectivity index (χ3n) is 3.40. The fourth-order valence-electron chi connectivity index (χ4n) is 2.01. The summed E-state index contributed by atoms with van der Waals surface area (Å²) < 4.78 is 10.8. The van der Waals surface area contributed by atoms with E-state index in [1.165, 1.54) is 44.9 Å². The molecule has 0 atom stereocenters. The average molecular weight is 266 g/mol. The van der Waals surface area contributed by atoms with Gasteiger partial charge in [-0.25, -0.2) is 0 Å². The van der Waals surface area contributed by atoms with E-state index in [0.717, 1.165) is 18.7 Å². The molecule has 0 aromatic carbocycles. The van der Waals surface area contributed by atoms with Crippen molar-refractivity contribution in [3.63, 3.8) is 0 Å². The first-order chi connectivity index (χ1) is 9.38. The minimum Gasteiger partial charge on any atom is -0.450 e. The van der Waals surface area contributed by atoms with E-state index < -0.39 is 0 Å². The van der Waals surface area contributed by atoms with Gasteiger partial charge in [-0.15, -0.1) is 0 Å². The number of hydrogen-bond acceptors (Lipinski definition) is 4. The van der Waals surface area contributed by atoms with Gasteiger partial charge in [-0.3, -0.25) is 0 Å². The Morgan fingerprint density at radius 2 is 2.05 bits per heavy atom. The molecule has 1 aromatic heterocycles. The van der Waals surface area contributed by atoms with Crippen LogP contribution in [0.2, 0.25) is 0 Å². The van der Waals surface area contributed by atoms with Crippen LogP contribution in [0, 0.1) is 0 Å². The van der Waals surface area contributed by atoms with Gasteiger partial charge >= 0.3 is 6.08 Å². The molecular formula is C15H26N2O2. The van der Waals surface area contributed by atoms with Gasteiger partial charge in [0.15, 0.2) is 0 Å². The Hall–Kier alpha value is -1.03. The van der Waals surface area contributed by atoms with Crippen molar-refractivity contribution in [3.05, 3.63) is 12.0 Å². The van der Waals surface area contributed by atoms with E-state index in [-0.39, 0.29) is 0 Å². The molecule has 1 fully saturated rings. The molecule has 4 heteroatoms. The topological polar surface area (TPSA) is 47.3 Å². The molecule has 2 rings (SSSR count). The van der Waals surface area contributed by atoms with E-state index in [1.54, 1.807) is 6.26 Å². The van der Waals surface area contributed by atoms with Crippen molar-refractivity contribution in [3.8, 4) is 6.08 Å². The predicted molar refractivity (Wildman–Crippen MR) is 75.2 cm³/mol. The number of unbranched alkanes of at least 4 members (excludes halogenated alkanes) is 5. The summed E-state index contributed by atoms with van der Waals surface area (Å²) in [6.07, 6.45) is 12.3. The summed E-state index contributed by atoms with van der Waals surface area (Å²) in [6.45, 7) is 3.73. The van der Waals surface area contributed by atoms with Gasteiger partial charge in [-0.05, 0) is 19.3 Å². The first-order valence-corrected chi connectivity index (χ1v) is 7.69. The van der Waals surface area contributed by atoms with Crippen molar-refractivity contribution >= 4 is 0 Å². The predicted octanol–water partition coefficient (Wildman–Crippen LogP) is 3.67. The summed E-state index contributed by atoms with van der Waals surface area (Å²) in [7, 11) is 0. The molecule has 0 spiro atoms. The summed E-state index contributed by atoms with van der Waals surface area (Å²) in [5.41, 5.74) is 0.935. The molecule has 0 amide bonds. The second kappa shape index (κ2) is 8.20. The second-order valence-corrected chi connectivity index (χ2v) is 5.38. The van der Waals surface area contributed by atoms with Crippen molar-refractivity contribution in [2.24, 2.45) is 0 Å². The Bertz CT molecular complexity index is 348. The smallest absolute Gasteiger partial charge is 0.393 e. The van der Waals surface area contributed by atoms with Crippen molar-refractivity contribution < 1.29 is 9.15 Å². The van der Waals surface area contributed by atoms with Gasteiger partial charge in [0.1, 0.15) is 6.26 Å². The van der Waals surface area contributed by atoms with Gasteiger partial charge in [-0.1, -0.05) is 39.0 Å². The number of nitrogens with one attached hydrogen (secondary N) is 1. The summed E-state index contributed by atoms with van der Waals surface area (Å²) in [5, 5.41) is 3.40. The highest BCUT2D eigenvalue weighted by atomic mass is 16.6. The number of ether oxygens (including phenoxy) is 1. The van der Waals surface area contributed by atoms with Crippen LogP contribution in [0.25, 0.3) is 0 Å². The van der Waals surface area contributed by atoms with Crippen molar-refractivity contribution in [1.82, 2.24) is 10.3 Å². The molecular weight excluding hydrogens is 240 g/mol. The maximum atomic E-state index is 5.51. The zero-order chi connectivity index (χ0) is 13.3. The number of rotatable bonds is 11. The number of nitrogens with zero attached hydrogens (tertiary/aromatic N) is 1. The lowest BCUT2D eigenvalue weighted by Gasteiger charge is -2.01. The fourth-order valence-corrected chi connectivity index (χ4v) is 2.01. The van der Waals surface area contributed by atoms with E-state index in [0.29, 0.717) is 18.7 Å². The van der Waals surface area contributed by atoms with Crippen molar-refractivity contribution in [1.29, 1.82) is 0 Å². The highest BCUT2D eigenvalue weighted by molar-refractivity contribution is 5.00. The van der Waals surface area contributed by atoms with Gasteiger partial charge in [-0.2, -0.15) is 4.98 Å². The van der Waals surface area contributed by atoms with Crippen LogP contribution < -0.4 is 10.1 Å². The molecule has 1 aliphatic rings. The van der Waals surface area contributed by atoms with Gasteiger partial charge in [0.2, 0.25) is 0 Å². The van der Waals surface area contributed by atoms with Crippen LogP contribution in [0.3, 0.4) is 0 Å². The molecule has 108 valence electrons. The molecule has 1 N–H and O–H groups in total. The Morgan fingerprint density at radius 1 is 1.26 bits per heavy atom.